The summed E-state index contributed by atoms with van der Waals surface area (Å²) in [5, 5.41) is 2.81. The lowest BCUT2D eigenvalue weighted by Crippen LogP contribution is -2.47. The van der Waals surface area contributed by atoms with E-state index in [0.29, 0.717) is 33.9 Å². The largest absolute Gasteiger partial charge is 0.338 e. The lowest BCUT2D eigenvalue weighted by molar-refractivity contribution is 0.0667. The number of nitrogens with zero attached hydrogens (tertiary/aromatic N) is 2. The summed E-state index contributed by atoms with van der Waals surface area (Å²) in [6.07, 6.45) is 1.60. The summed E-state index contributed by atoms with van der Waals surface area (Å²) >= 11 is 13.1. The first-order valence-corrected chi connectivity index (χ1v) is 8.42. The second-order valence-corrected chi connectivity index (χ2v) is 7.47. The van der Waals surface area contributed by atoms with Crippen LogP contribution in [0.5, 0.6) is 0 Å². The van der Waals surface area contributed by atoms with Gasteiger partial charge in [0.05, 0.1) is 9.90 Å². The average molecular weight is 348 g/mol. The molecular formula is C13H15Cl2N3O2S. The predicted octanol–water partition coefficient (Wildman–Crippen LogP) is 2.68. The van der Waals surface area contributed by atoms with Crippen LogP contribution in [0.15, 0.2) is 6.07 Å². The van der Waals surface area contributed by atoms with E-state index in [4.69, 9.17) is 23.2 Å². The molecule has 21 heavy (non-hydrogen) atoms. The van der Waals surface area contributed by atoms with Crippen LogP contribution in [0.3, 0.4) is 0 Å². The van der Waals surface area contributed by atoms with Gasteiger partial charge in [0, 0.05) is 32.2 Å². The van der Waals surface area contributed by atoms with Crippen LogP contribution >= 0.6 is 34.5 Å². The summed E-state index contributed by atoms with van der Waals surface area (Å²) in [6, 6.07) is 1.85. The summed E-state index contributed by atoms with van der Waals surface area (Å²) in [4.78, 5) is 27.7. The van der Waals surface area contributed by atoms with Crippen molar-refractivity contribution in [3.63, 3.8) is 0 Å². The molecule has 114 valence electrons. The van der Waals surface area contributed by atoms with Gasteiger partial charge in [0.25, 0.3) is 5.91 Å². The maximum absolute atomic E-state index is 12.4. The molecule has 0 radical (unpaired) electrons. The van der Waals surface area contributed by atoms with E-state index in [2.05, 4.69) is 5.32 Å². The number of thiophene rings is 1. The monoisotopic (exact) mass is 347 g/mol. The van der Waals surface area contributed by atoms with Gasteiger partial charge < -0.3 is 15.1 Å². The minimum absolute atomic E-state index is 0.00689. The number of carbonyl (C=O) groups excluding carboxylic acids is 2. The number of urea groups is 1. The lowest BCUT2D eigenvalue weighted by atomic mass is 10.0. The number of likely N-dealkylation sites (tertiary alicyclic amines) is 1. The Balaban J connectivity index is 1.62. The molecule has 3 rings (SSSR count). The van der Waals surface area contributed by atoms with Gasteiger partial charge in [-0.1, -0.05) is 23.2 Å². The highest BCUT2D eigenvalue weighted by molar-refractivity contribution is 7.20. The molecule has 0 spiro atoms. The first-order valence-electron chi connectivity index (χ1n) is 6.85. The lowest BCUT2D eigenvalue weighted by Gasteiger charge is -2.36. The van der Waals surface area contributed by atoms with Gasteiger partial charge in [0.15, 0.2) is 0 Å². The maximum atomic E-state index is 12.4. The van der Waals surface area contributed by atoms with E-state index in [0.717, 1.165) is 19.4 Å². The van der Waals surface area contributed by atoms with Gasteiger partial charge >= 0.3 is 6.03 Å². The number of amides is 3. The van der Waals surface area contributed by atoms with Crippen LogP contribution in [0.4, 0.5) is 4.79 Å². The smallest absolute Gasteiger partial charge is 0.317 e. The van der Waals surface area contributed by atoms with E-state index in [1.54, 1.807) is 11.0 Å². The number of piperidine rings is 1. The van der Waals surface area contributed by atoms with Crippen LogP contribution in [0.2, 0.25) is 8.67 Å². The number of hydrogen-bond donors (Lipinski definition) is 1. The maximum Gasteiger partial charge on any atom is 0.317 e. The van der Waals surface area contributed by atoms with Crippen molar-refractivity contribution < 1.29 is 9.59 Å². The van der Waals surface area contributed by atoms with Gasteiger partial charge in [0.1, 0.15) is 4.34 Å². The van der Waals surface area contributed by atoms with Crippen LogP contribution in [0, 0.1) is 0 Å². The Morgan fingerprint density at radius 1 is 1.29 bits per heavy atom. The highest BCUT2D eigenvalue weighted by Crippen LogP contribution is 2.32. The summed E-state index contributed by atoms with van der Waals surface area (Å²) in [6.45, 7) is 2.73. The standard InChI is InChI=1S/C13H15Cl2N3O2S/c14-10-7-9(11(15)21-10)12(19)17-4-1-8(2-5-17)18-6-3-16-13(18)20/h7-8H,1-6H2,(H,16,20). The van der Waals surface area contributed by atoms with Crippen molar-refractivity contribution in [2.45, 2.75) is 18.9 Å². The van der Waals surface area contributed by atoms with E-state index in [1.165, 1.54) is 11.3 Å². The van der Waals surface area contributed by atoms with E-state index < -0.39 is 0 Å². The number of rotatable bonds is 2. The first kappa shape index (κ1) is 14.9. The molecule has 1 aromatic rings. The molecule has 0 atom stereocenters. The fraction of sp³-hybridized carbons (Fsp3) is 0.538. The Morgan fingerprint density at radius 3 is 2.52 bits per heavy atom. The normalized spacial score (nSPS) is 20.0. The molecule has 0 bridgehead atoms. The molecule has 0 saturated carbocycles. The van der Waals surface area contributed by atoms with Gasteiger partial charge in [-0.2, -0.15) is 0 Å². The minimum atomic E-state index is -0.0764. The van der Waals surface area contributed by atoms with Crippen molar-refractivity contribution in [3.8, 4) is 0 Å². The van der Waals surface area contributed by atoms with Crippen LogP contribution in [0.1, 0.15) is 23.2 Å². The Morgan fingerprint density at radius 2 is 2.00 bits per heavy atom. The Kier molecular flexibility index (Phi) is 4.28. The molecule has 3 heterocycles. The minimum Gasteiger partial charge on any atom is -0.338 e. The van der Waals surface area contributed by atoms with E-state index in [9.17, 15) is 9.59 Å². The number of halogens is 2. The molecule has 2 saturated heterocycles. The second-order valence-electron chi connectivity index (χ2n) is 5.19. The number of hydrogen-bond acceptors (Lipinski definition) is 3. The molecule has 3 amide bonds. The summed E-state index contributed by atoms with van der Waals surface area (Å²) < 4.78 is 0.956. The molecule has 2 fully saturated rings. The Labute approximate surface area is 136 Å². The topological polar surface area (TPSA) is 52.7 Å². The van der Waals surface area contributed by atoms with E-state index in [1.807, 2.05) is 4.90 Å². The quantitative estimate of drug-likeness (QED) is 0.894. The second kappa shape index (κ2) is 6.02. The van der Waals surface area contributed by atoms with E-state index in [-0.39, 0.29) is 18.0 Å². The third-order valence-electron chi connectivity index (χ3n) is 3.97. The van der Waals surface area contributed by atoms with Gasteiger partial charge in [-0.05, 0) is 18.9 Å². The third-order valence-corrected chi connectivity index (χ3v) is 5.46. The van der Waals surface area contributed by atoms with Gasteiger partial charge in [0.2, 0.25) is 0 Å². The van der Waals surface area contributed by atoms with Crippen molar-refractivity contribution in [2.24, 2.45) is 0 Å². The van der Waals surface area contributed by atoms with Gasteiger partial charge in [-0.3, -0.25) is 4.79 Å². The van der Waals surface area contributed by atoms with Crippen LogP contribution < -0.4 is 5.32 Å². The third kappa shape index (κ3) is 2.98. The molecular weight excluding hydrogens is 333 g/mol. The zero-order valence-corrected chi connectivity index (χ0v) is 13.6. The van der Waals surface area contributed by atoms with Crippen molar-refractivity contribution in [2.75, 3.05) is 26.2 Å². The van der Waals surface area contributed by atoms with Crippen molar-refractivity contribution in [1.82, 2.24) is 15.1 Å². The highest BCUT2D eigenvalue weighted by Gasteiger charge is 2.32. The Bertz CT molecular complexity index is 570. The highest BCUT2D eigenvalue weighted by atomic mass is 35.5. The van der Waals surface area contributed by atoms with Crippen LogP contribution in [0.25, 0.3) is 0 Å². The molecule has 0 unspecified atom stereocenters. The van der Waals surface area contributed by atoms with E-state index >= 15 is 0 Å². The summed E-state index contributed by atoms with van der Waals surface area (Å²) in [7, 11) is 0. The fourth-order valence-corrected chi connectivity index (χ4v) is 4.32. The van der Waals surface area contributed by atoms with Crippen LogP contribution in [-0.4, -0.2) is 54.0 Å². The van der Waals surface area contributed by atoms with Gasteiger partial charge in [-0.25, -0.2) is 4.79 Å². The van der Waals surface area contributed by atoms with Crippen molar-refractivity contribution in [1.29, 1.82) is 0 Å². The zero-order chi connectivity index (χ0) is 15.0. The predicted molar refractivity (Wildman–Crippen MR) is 83.4 cm³/mol. The molecule has 0 aromatic carbocycles. The van der Waals surface area contributed by atoms with Gasteiger partial charge in [-0.15, -0.1) is 11.3 Å². The molecule has 1 aromatic heterocycles. The number of carbonyl (C=O) groups is 2. The molecule has 2 aliphatic rings. The van der Waals surface area contributed by atoms with Crippen LogP contribution in [-0.2, 0) is 0 Å². The molecule has 5 nitrogen and oxygen atoms in total. The summed E-state index contributed by atoms with van der Waals surface area (Å²) in [5.74, 6) is -0.0764. The Hall–Kier alpha value is -0.980. The molecule has 1 N–H and O–H groups in total. The molecule has 8 heteroatoms. The molecule has 0 aliphatic carbocycles. The molecule has 2 aliphatic heterocycles. The number of nitrogens with one attached hydrogen (secondary N) is 1. The summed E-state index contributed by atoms with van der Waals surface area (Å²) in [5.41, 5.74) is 0.476. The zero-order valence-electron chi connectivity index (χ0n) is 11.3. The fourth-order valence-electron chi connectivity index (χ4n) is 2.87. The van der Waals surface area contributed by atoms with Crippen molar-refractivity contribution in [3.05, 3.63) is 20.3 Å². The first-order chi connectivity index (χ1) is 10.1. The SMILES string of the molecule is O=C(c1cc(Cl)sc1Cl)N1CCC(N2CCNC2=O)CC1. The van der Waals surface area contributed by atoms with Crippen molar-refractivity contribution >= 4 is 46.5 Å². The average Bonchev–Trinajstić information content (AvgIpc) is 3.04.